The highest BCUT2D eigenvalue weighted by atomic mass is 16.4. The number of aliphatic carboxylic acids is 1. The van der Waals surface area contributed by atoms with Gasteiger partial charge in [-0.2, -0.15) is 0 Å². The third kappa shape index (κ3) is 2.16. The van der Waals surface area contributed by atoms with E-state index < -0.39 is 11.4 Å². The lowest BCUT2D eigenvalue weighted by atomic mass is 9.68. The van der Waals surface area contributed by atoms with Crippen molar-refractivity contribution in [2.24, 2.45) is 0 Å². The van der Waals surface area contributed by atoms with Gasteiger partial charge < -0.3 is 5.11 Å². The van der Waals surface area contributed by atoms with Crippen LogP contribution in [0.3, 0.4) is 0 Å². The first-order valence-electron chi connectivity index (χ1n) is 6.93. The van der Waals surface area contributed by atoms with E-state index in [0.717, 1.165) is 43.2 Å². The average molecular weight is 246 g/mol. The van der Waals surface area contributed by atoms with Crippen LogP contribution < -0.4 is 0 Å². The molecule has 2 heteroatoms. The molecule has 0 heterocycles. The second-order valence-electron chi connectivity index (χ2n) is 5.45. The van der Waals surface area contributed by atoms with Gasteiger partial charge in [-0.15, -0.1) is 0 Å². The number of hydrogen-bond acceptors (Lipinski definition) is 1. The van der Waals surface area contributed by atoms with Crippen molar-refractivity contribution in [3.8, 4) is 0 Å². The zero-order valence-corrected chi connectivity index (χ0v) is 11.3. The Morgan fingerprint density at radius 2 is 1.94 bits per heavy atom. The predicted molar refractivity (Wildman–Crippen MR) is 73.0 cm³/mol. The Bertz CT molecular complexity index is 442. The first kappa shape index (κ1) is 13.1. The molecule has 1 aromatic rings. The van der Waals surface area contributed by atoms with Gasteiger partial charge in [-0.1, -0.05) is 44.4 Å². The monoisotopic (exact) mass is 246 g/mol. The third-order valence-electron chi connectivity index (χ3n) is 4.34. The van der Waals surface area contributed by atoms with E-state index in [4.69, 9.17) is 0 Å². The molecule has 2 rings (SSSR count). The molecule has 0 aromatic heterocycles. The molecule has 1 saturated carbocycles. The van der Waals surface area contributed by atoms with Crippen LogP contribution in [0.15, 0.2) is 18.2 Å². The summed E-state index contributed by atoms with van der Waals surface area (Å²) in [5.74, 6) is -0.640. The van der Waals surface area contributed by atoms with Gasteiger partial charge in [0.15, 0.2) is 0 Å². The summed E-state index contributed by atoms with van der Waals surface area (Å²) in [5, 5.41) is 9.73. The lowest BCUT2D eigenvalue weighted by Gasteiger charge is -2.35. The lowest BCUT2D eigenvalue weighted by molar-refractivity contribution is -0.145. The van der Waals surface area contributed by atoms with Gasteiger partial charge >= 0.3 is 5.97 Å². The van der Waals surface area contributed by atoms with Gasteiger partial charge in [-0.25, -0.2) is 0 Å². The Kier molecular flexibility index (Phi) is 3.74. The fraction of sp³-hybridized carbons (Fsp3) is 0.562. The quantitative estimate of drug-likeness (QED) is 0.879. The molecule has 0 aliphatic heterocycles. The minimum Gasteiger partial charge on any atom is -0.481 e. The van der Waals surface area contributed by atoms with Crippen LogP contribution in [-0.4, -0.2) is 11.1 Å². The Morgan fingerprint density at radius 3 is 2.50 bits per heavy atom. The zero-order valence-electron chi connectivity index (χ0n) is 11.3. The standard InChI is InChI=1S/C16H22O2/c1-3-13-8-7-12(2)14(11-13)16(15(17)18)9-5-4-6-10-16/h7-8,11H,3-6,9-10H2,1-2H3,(H,17,18). The molecule has 0 spiro atoms. The molecular weight excluding hydrogens is 224 g/mol. The minimum atomic E-state index is -0.640. The van der Waals surface area contributed by atoms with Crippen molar-refractivity contribution in [2.45, 2.75) is 57.8 Å². The SMILES string of the molecule is CCc1ccc(C)c(C2(C(=O)O)CCCCC2)c1. The summed E-state index contributed by atoms with van der Waals surface area (Å²) in [4.78, 5) is 11.8. The smallest absolute Gasteiger partial charge is 0.314 e. The minimum absolute atomic E-state index is 0.631. The summed E-state index contributed by atoms with van der Waals surface area (Å²) >= 11 is 0. The molecule has 98 valence electrons. The van der Waals surface area contributed by atoms with Crippen molar-refractivity contribution in [1.29, 1.82) is 0 Å². The van der Waals surface area contributed by atoms with Crippen molar-refractivity contribution in [2.75, 3.05) is 0 Å². The van der Waals surface area contributed by atoms with Crippen LogP contribution in [-0.2, 0) is 16.6 Å². The maximum absolute atomic E-state index is 11.8. The van der Waals surface area contributed by atoms with E-state index in [1.165, 1.54) is 12.0 Å². The summed E-state index contributed by atoms with van der Waals surface area (Å²) in [7, 11) is 0. The van der Waals surface area contributed by atoms with Crippen molar-refractivity contribution in [3.63, 3.8) is 0 Å². The Hall–Kier alpha value is -1.31. The molecule has 0 amide bonds. The van der Waals surface area contributed by atoms with Crippen LogP contribution in [0.2, 0.25) is 0 Å². The average Bonchev–Trinajstić information content (AvgIpc) is 2.40. The van der Waals surface area contributed by atoms with E-state index in [1.807, 2.05) is 6.92 Å². The number of hydrogen-bond donors (Lipinski definition) is 1. The molecule has 0 bridgehead atoms. The van der Waals surface area contributed by atoms with E-state index in [2.05, 4.69) is 25.1 Å². The van der Waals surface area contributed by atoms with Gasteiger partial charge in [0.05, 0.1) is 5.41 Å². The van der Waals surface area contributed by atoms with Crippen molar-refractivity contribution in [3.05, 3.63) is 34.9 Å². The van der Waals surface area contributed by atoms with Gasteiger partial charge in [-0.3, -0.25) is 4.79 Å². The molecule has 2 nitrogen and oxygen atoms in total. The molecule has 1 N–H and O–H groups in total. The molecule has 0 radical (unpaired) electrons. The highest BCUT2D eigenvalue weighted by Gasteiger charge is 2.42. The van der Waals surface area contributed by atoms with Crippen LogP contribution in [0, 0.1) is 6.92 Å². The van der Waals surface area contributed by atoms with Crippen LogP contribution in [0.1, 0.15) is 55.7 Å². The summed E-state index contributed by atoms with van der Waals surface area (Å²) in [6.45, 7) is 4.15. The highest BCUT2D eigenvalue weighted by molar-refractivity contribution is 5.82. The van der Waals surface area contributed by atoms with Gasteiger partial charge in [0.2, 0.25) is 0 Å². The maximum Gasteiger partial charge on any atom is 0.314 e. The second kappa shape index (κ2) is 5.13. The van der Waals surface area contributed by atoms with Crippen LogP contribution in [0.5, 0.6) is 0 Å². The first-order valence-corrected chi connectivity index (χ1v) is 6.93. The van der Waals surface area contributed by atoms with Crippen molar-refractivity contribution in [1.82, 2.24) is 0 Å². The first-order chi connectivity index (χ1) is 8.60. The Labute approximate surface area is 109 Å². The number of aryl methyl sites for hydroxylation is 2. The summed E-state index contributed by atoms with van der Waals surface area (Å²) in [6, 6.07) is 6.31. The molecule has 1 aliphatic carbocycles. The largest absolute Gasteiger partial charge is 0.481 e. The van der Waals surface area contributed by atoms with Gasteiger partial charge in [-0.05, 0) is 42.9 Å². The second-order valence-corrected chi connectivity index (χ2v) is 5.45. The Morgan fingerprint density at radius 1 is 1.28 bits per heavy atom. The molecule has 1 aliphatic rings. The van der Waals surface area contributed by atoms with Crippen LogP contribution in [0.4, 0.5) is 0 Å². The number of carboxylic acids is 1. The number of benzene rings is 1. The van der Waals surface area contributed by atoms with Gasteiger partial charge in [0.1, 0.15) is 0 Å². The topological polar surface area (TPSA) is 37.3 Å². The maximum atomic E-state index is 11.8. The summed E-state index contributed by atoms with van der Waals surface area (Å²) in [5.41, 5.74) is 2.78. The summed E-state index contributed by atoms with van der Waals surface area (Å²) < 4.78 is 0. The van der Waals surface area contributed by atoms with E-state index in [1.54, 1.807) is 0 Å². The number of carbonyl (C=O) groups is 1. The molecule has 0 atom stereocenters. The molecular formula is C16H22O2. The zero-order chi connectivity index (χ0) is 13.2. The van der Waals surface area contributed by atoms with E-state index in [-0.39, 0.29) is 0 Å². The normalized spacial score (nSPS) is 18.6. The fourth-order valence-electron chi connectivity index (χ4n) is 3.16. The van der Waals surface area contributed by atoms with E-state index in [0.29, 0.717) is 0 Å². The Balaban J connectivity index is 2.51. The third-order valence-corrected chi connectivity index (χ3v) is 4.34. The summed E-state index contributed by atoms with van der Waals surface area (Å²) in [6.07, 6.45) is 5.77. The number of carboxylic acid groups (broad SMARTS) is 1. The number of rotatable bonds is 3. The molecule has 1 fully saturated rings. The van der Waals surface area contributed by atoms with E-state index in [9.17, 15) is 9.90 Å². The fourth-order valence-corrected chi connectivity index (χ4v) is 3.16. The van der Waals surface area contributed by atoms with Crippen LogP contribution >= 0.6 is 0 Å². The van der Waals surface area contributed by atoms with Gasteiger partial charge in [0.25, 0.3) is 0 Å². The lowest BCUT2D eigenvalue weighted by Crippen LogP contribution is -2.38. The van der Waals surface area contributed by atoms with Gasteiger partial charge in [0, 0.05) is 0 Å². The van der Waals surface area contributed by atoms with Crippen molar-refractivity contribution >= 4 is 5.97 Å². The highest BCUT2D eigenvalue weighted by Crippen LogP contribution is 2.41. The van der Waals surface area contributed by atoms with Crippen LogP contribution in [0.25, 0.3) is 0 Å². The molecule has 0 unspecified atom stereocenters. The van der Waals surface area contributed by atoms with E-state index >= 15 is 0 Å². The molecule has 18 heavy (non-hydrogen) atoms. The predicted octanol–water partition coefficient (Wildman–Crippen LogP) is 3.84. The van der Waals surface area contributed by atoms with Crippen molar-refractivity contribution < 1.29 is 9.90 Å². The molecule has 0 saturated heterocycles. The molecule has 1 aromatic carbocycles.